The summed E-state index contributed by atoms with van der Waals surface area (Å²) in [5.41, 5.74) is -0.532. The van der Waals surface area contributed by atoms with Crippen molar-refractivity contribution in [3.8, 4) is 0 Å². The summed E-state index contributed by atoms with van der Waals surface area (Å²) in [4.78, 5) is 0. The van der Waals surface area contributed by atoms with Gasteiger partial charge in [0.15, 0.2) is 0 Å². The van der Waals surface area contributed by atoms with Crippen molar-refractivity contribution in [2.24, 2.45) is 0 Å². The Hall–Kier alpha value is -0.973. The van der Waals surface area contributed by atoms with Crippen LogP contribution in [0.5, 0.6) is 0 Å². The fourth-order valence-corrected chi connectivity index (χ4v) is 5.46. The molecule has 0 saturated carbocycles. The average Bonchev–Trinajstić information content (AvgIpc) is 2.39. The minimum atomic E-state index is -2.33. The first-order valence-corrected chi connectivity index (χ1v) is 9.62. The first-order chi connectivity index (χ1) is 10.4. The van der Waals surface area contributed by atoms with Crippen molar-refractivity contribution in [2.75, 3.05) is 0 Å². The molecular weight excluding hydrogens is 303 g/mol. The van der Waals surface area contributed by atoms with Crippen molar-refractivity contribution in [1.82, 2.24) is 9.88 Å². The molecule has 1 aromatic carbocycles. The molecule has 0 fully saturated rings. The quantitative estimate of drug-likeness (QED) is 0.517. The molecule has 0 aromatic heterocycles. The molecule has 0 amide bonds. The van der Waals surface area contributed by atoms with Crippen LogP contribution in [0.4, 0.5) is 4.11 Å². The average molecular weight is 334 g/mol. The number of rotatable bonds is 3. The van der Waals surface area contributed by atoms with Crippen molar-refractivity contribution < 1.29 is 4.11 Å². The lowest BCUT2D eigenvalue weighted by Crippen LogP contribution is -2.70. The van der Waals surface area contributed by atoms with Crippen LogP contribution in [0, 0.1) is 0 Å². The Labute approximate surface area is 142 Å². The zero-order valence-corrected chi connectivity index (χ0v) is 16.4. The highest BCUT2D eigenvalue weighted by Gasteiger charge is 2.46. The summed E-state index contributed by atoms with van der Waals surface area (Å²) in [5, 5.41) is 4.47. The van der Waals surface area contributed by atoms with Gasteiger partial charge in [-0.25, -0.2) is 0 Å². The van der Waals surface area contributed by atoms with Crippen LogP contribution in [0.25, 0.3) is 0 Å². The molecule has 23 heavy (non-hydrogen) atoms. The first kappa shape index (κ1) is 18.4. The number of nitrogens with zero attached hydrogens (tertiary/aromatic N) is 1. The topological polar surface area (TPSA) is 15.3 Å². The Balaban J connectivity index is 2.44. The highest BCUT2D eigenvalue weighted by atomic mass is 28.3. The molecule has 1 N–H and O–H groups in total. The third kappa shape index (κ3) is 4.11. The highest BCUT2D eigenvalue weighted by molar-refractivity contribution is 6.64. The van der Waals surface area contributed by atoms with Crippen molar-refractivity contribution >= 4 is 14.5 Å². The molecule has 1 aliphatic heterocycles. The molecule has 0 saturated heterocycles. The van der Waals surface area contributed by atoms with Crippen molar-refractivity contribution in [1.29, 1.82) is 0 Å². The SMILES string of the molecule is CC1(C)C=CC(N([Si](F)c2ccccc2)C(C)(C)C)C(C)(C)N1. The molecule has 1 aromatic rings. The van der Waals surface area contributed by atoms with Gasteiger partial charge in [0.25, 0.3) is 0 Å². The number of hydrogen-bond acceptors (Lipinski definition) is 2. The largest absolute Gasteiger partial charge is 0.396 e. The molecule has 0 bridgehead atoms. The van der Waals surface area contributed by atoms with Gasteiger partial charge in [-0.2, -0.15) is 0 Å². The third-order valence-electron chi connectivity index (χ3n) is 4.30. The van der Waals surface area contributed by atoms with Crippen molar-refractivity contribution in [3.63, 3.8) is 0 Å². The van der Waals surface area contributed by atoms with E-state index in [1.54, 1.807) is 0 Å². The minimum Gasteiger partial charge on any atom is -0.302 e. The summed E-state index contributed by atoms with van der Waals surface area (Å²) in [5.74, 6) is 0. The minimum absolute atomic E-state index is 0.00891. The van der Waals surface area contributed by atoms with Gasteiger partial charge in [-0.05, 0) is 53.7 Å². The molecule has 1 atom stereocenters. The second-order valence-corrected chi connectivity index (χ2v) is 10.2. The van der Waals surface area contributed by atoms with E-state index in [1.165, 1.54) is 0 Å². The van der Waals surface area contributed by atoms with Gasteiger partial charge in [-0.3, -0.25) is 8.67 Å². The summed E-state index contributed by atoms with van der Waals surface area (Å²) in [6, 6.07) is 9.60. The Morgan fingerprint density at radius 1 is 1.09 bits per heavy atom. The van der Waals surface area contributed by atoms with Gasteiger partial charge < -0.3 is 5.32 Å². The van der Waals surface area contributed by atoms with E-state index >= 15 is 4.11 Å². The fraction of sp³-hybridized carbons (Fsp3) is 0.579. The van der Waals surface area contributed by atoms with Crippen LogP contribution in [0.3, 0.4) is 0 Å². The summed E-state index contributed by atoms with van der Waals surface area (Å²) in [6.07, 6.45) is 4.36. The van der Waals surface area contributed by atoms with E-state index < -0.39 is 9.29 Å². The monoisotopic (exact) mass is 333 g/mol. The van der Waals surface area contributed by atoms with Gasteiger partial charge in [0.2, 0.25) is 0 Å². The molecule has 1 heterocycles. The Morgan fingerprint density at radius 3 is 2.13 bits per heavy atom. The van der Waals surface area contributed by atoms with Crippen LogP contribution in [-0.2, 0) is 0 Å². The highest BCUT2D eigenvalue weighted by Crippen LogP contribution is 2.32. The zero-order chi connectivity index (χ0) is 17.5. The maximum absolute atomic E-state index is 15.6. The van der Waals surface area contributed by atoms with Crippen LogP contribution in [0.15, 0.2) is 42.5 Å². The van der Waals surface area contributed by atoms with E-state index in [4.69, 9.17) is 0 Å². The van der Waals surface area contributed by atoms with Gasteiger partial charge in [0, 0.05) is 22.7 Å². The molecule has 1 unspecified atom stereocenters. The van der Waals surface area contributed by atoms with Gasteiger partial charge in [0.1, 0.15) is 0 Å². The summed E-state index contributed by atoms with van der Waals surface area (Å²) < 4.78 is 17.7. The fourth-order valence-electron chi connectivity index (χ4n) is 3.48. The number of halogens is 1. The van der Waals surface area contributed by atoms with Crippen LogP contribution in [-0.4, -0.2) is 36.5 Å². The van der Waals surface area contributed by atoms with Crippen molar-refractivity contribution in [3.05, 3.63) is 42.5 Å². The summed E-state index contributed by atoms with van der Waals surface area (Å²) in [7, 11) is -2.33. The Bertz CT molecular complexity index is 560. The van der Waals surface area contributed by atoms with Gasteiger partial charge in [-0.1, -0.05) is 42.5 Å². The van der Waals surface area contributed by atoms with E-state index in [2.05, 4.69) is 70.5 Å². The van der Waals surface area contributed by atoms with E-state index in [9.17, 15) is 0 Å². The molecule has 2 rings (SSSR count). The predicted octanol–water partition coefficient (Wildman–Crippen LogP) is 3.54. The van der Waals surface area contributed by atoms with Crippen LogP contribution < -0.4 is 10.5 Å². The lowest BCUT2D eigenvalue weighted by molar-refractivity contribution is 0.113. The molecule has 0 spiro atoms. The predicted molar refractivity (Wildman–Crippen MR) is 98.8 cm³/mol. The normalized spacial score (nSPS) is 23.5. The van der Waals surface area contributed by atoms with Gasteiger partial charge in [0.05, 0.1) is 0 Å². The number of nitrogens with one attached hydrogen (secondary N) is 1. The molecule has 1 radical (unpaired) electrons. The smallest absolute Gasteiger partial charge is 0.302 e. The van der Waals surface area contributed by atoms with Crippen LogP contribution >= 0.6 is 0 Å². The number of benzene rings is 1. The molecule has 127 valence electrons. The molecule has 2 nitrogen and oxygen atoms in total. The molecular formula is C19H30FN2Si. The Kier molecular flexibility index (Phi) is 4.91. The molecule has 4 heteroatoms. The Morgan fingerprint density at radius 2 is 1.65 bits per heavy atom. The lowest BCUT2D eigenvalue weighted by Gasteiger charge is -2.52. The lowest BCUT2D eigenvalue weighted by atomic mass is 9.83. The third-order valence-corrected chi connectivity index (χ3v) is 6.49. The molecule has 1 aliphatic rings. The van der Waals surface area contributed by atoms with Crippen molar-refractivity contribution in [2.45, 2.75) is 71.1 Å². The van der Waals surface area contributed by atoms with E-state index in [1.807, 2.05) is 30.3 Å². The maximum atomic E-state index is 15.6. The van der Waals surface area contributed by atoms with Crippen LogP contribution in [0.1, 0.15) is 48.5 Å². The maximum Gasteiger partial charge on any atom is 0.396 e. The molecule has 0 aliphatic carbocycles. The standard InChI is InChI=1S/C19H30FN2Si/c1-17(2,3)22(23(20)15-11-9-8-10-12-15)16-13-14-18(4,5)21-19(16,6)7/h8-14,16,21H,1-7H3. The second kappa shape index (κ2) is 6.15. The van der Waals surface area contributed by atoms with E-state index in [-0.39, 0.29) is 22.7 Å². The van der Waals surface area contributed by atoms with E-state index in [0.29, 0.717) is 0 Å². The van der Waals surface area contributed by atoms with E-state index in [0.717, 1.165) is 5.19 Å². The van der Waals surface area contributed by atoms with Gasteiger partial charge >= 0.3 is 9.29 Å². The van der Waals surface area contributed by atoms with Crippen LogP contribution in [0.2, 0.25) is 0 Å². The van der Waals surface area contributed by atoms with Gasteiger partial charge in [-0.15, -0.1) is 0 Å². The first-order valence-electron chi connectivity index (χ1n) is 8.30. The summed E-state index contributed by atoms with van der Waals surface area (Å²) in [6.45, 7) is 14.9. The second-order valence-electron chi connectivity index (χ2n) is 8.57. The zero-order valence-electron chi connectivity index (χ0n) is 15.4. The number of hydrogen-bond donors (Lipinski definition) is 1. The summed E-state index contributed by atoms with van der Waals surface area (Å²) >= 11 is 0.